The molecule has 2 N–H and O–H groups in total. The van der Waals surface area contributed by atoms with Crippen LogP contribution in [0.25, 0.3) is 16.6 Å². The van der Waals surface area contributed by atoms with Crippen LogP contribution >= 0.6 is 11.6 Å². The van der Waals surface area contributed by atoms with Gasteiger partial charge in [-0.1, -0.05) is 31.5 Å². The van der Waals surface area contributed by atoms with E-state index in [2.05, 4.69) is 0 Å². The van der Waals surface area contributed by atoms with E-state index >= 15 is 0 Å². The highest BCUT2D eigenvalue weighted by Gasteiger charge is 2.57. The van der Waals surface area contributed by atoms with Gasteiger partial charge in [-0.25, -0.2) is 13.2 Å². The van der Waals surface area contributed by atoms with Crippen molar-refractivity contribution in [3.05, 3.63) is 58.5 Å². The lowest BCUT2D eigenvalue weighted by Crippen LogP contribution is -2.50. The molecule has 1 aliphatic heterocycles. The van der Waals surface area contributed by atoms with Crippen LogP contribution in [0.15, 0.2) is 36.4 Å². The summed E-state index contributed by atoms with van der Waals surface area (Å²) < 4.78 is 50.1. The van der Waals surface area contributed by atoms with E-state index in [9.17, 15) is 28.2 Å². The number of benzene rings is 2. The van der Waals surface area contributed by atoms with Crippen molar-refractivity contribution < 1.29 is 32.9 Å². The zero-order valence-electron chi connectivity index (χ0n) is 19.2. The average molecular weight is 508 g/mol. The van der Waals surface area contributed by atoms with E-state index in [0.29, 0.717) is 22.2 Å². The number of alkyl halides is 2. The van der Waals surface area contributed by atoms with Gasteiger partial charge in [0.2, 0.25) is 0 Å². The van der Waals surface area contributed by atoms with E-state index in [1.54, 1.807) is 18.2 Å². The molecule has 1 aromatic heterocycles. The fraction of sp³-hybridized carbons (Fsp3) is 0.423. The quantitative estimate of drug-likeness (QED) is 0.422. The van der Waals surface area contributed by atoms with Crippen molar-refractivity contribution in [2.45, 2.75) is 57.0 Å². The van der Waals surface area contributed by atoms with Crippen molar-refractivity contribution in [3.63, 3.8) is 0 Å². The molecule has 3 aromatic rings. The molecule has 1 aliphatic carbocycles. The first-order valence-electron chi connectivity index (χ1n) is 11.4. The molecule has 0 atom stereocenters. The minimum absolute atomic E-state index is 0.00434. The second kappa shape index (κ2) is 7.90. The molecule has 5 nitrogen and oxygen atoms in total. The summed E-state index contributed by atoms with van der Waals surface area (Å²) in [4.78, 5) is 11.8. The van der Waals surface area contributed by atoms with E-state index in [4.69, 9.17) is 16.3 Å². The second-order valence-corrected chi connectivity index (χ2v) is 10.7. The number of nitrogens with zero attached hydrogens (tertiary/aromatic N) is 1. The fourth-order valence-electron chi connectivity index (χ4n) is 5.78. The van der Waals surface area contributed by atoms with Crippen LogP contribution in [0, 0.1) is 11.2 Å². The maximum atomic E-state index is 14.0. The molecule has 0 bridgehead atoms. The number of carbonyl (C=O) groups is 1. The van der Waals surface area contributed by atoms with Gasteiger partial charge in [-0.15, -0.1) is 0 Å². The van der Waals surface area contributed by atoms with E-state index in [0.717, 1.165) is 5.69 Å². The number of carboxylic acid groups (broad SMARTS) is 1. The third-order valence-electron chi connectivity index (χ3n) is 7.73. The highest BCUT2D eigenvalue weighted by atomic mass is 35.5. The summed E-state index contributed by atoms with van der Waals surface area (Å²) in [7, 11) is 0. The Labute approximate surface area is 205 Å². The summed E-state index contributed by atoms with van der Waals surface area (Å²) in [6.07, 6.45) is -3.41. The molecule has 1 spiro atoms. The number of phenolic OH excluding ortho intramolecular Hbond substituents is 1. The van der Waals surface area contributed by atoms with Crippen LogP contribution in [-0.2, 0) is 20.5 Å². The number of ether oxygens (including phenoxy) is 1. The zero-order valence-corrected chi connectivity index (χ0v) is 20.0. The van der Waals surface area contributed by atoms with Gasteiger partial charge in [-0.3, -0.25) is 4.79 Å². The van der Waals surface area contributed by atoms with Crippen molar-refractivity contribution in [3.8, 4) is 11.4 Å². The minimum atomic E-state index is -3.01. The molecule has 1 fully saturated rings. The van der Waals surface area contributed by atoms with E-state index in [-0.39, 0.29) is 43.1 Å². The van der Waals surface area contributed by atoms with Crippen molar-refractivity contribution in [1.82, 2.24) is 4.57 Å². The Bertz CT molecular complexity index is 1340. The first kappa shape index (κ1) is 24.0. The second-order valence-electron chi connectivity index (χ2n) is 10.3. The molecule has 0 unspecified atom stereocenters. The number of hydrogen-bond donors (Lipinski definition) is 2. The Morgan fingerprint density at radius 1 is 1.14 bits per heavy atom. The zero-order chi connectivity index (χ0) is 25.3. The number of hydrogen-bond acceptors (Lipinski definition) is 3. The Morgan fingerprint density at radius 2 is 1.83 bits per heavy atom. The van der Waals surface area contributed by atoms with Gasteiger partial charge in [0, 0.05) is 27.7 Å². The number of aromatic hydroxyl groups is 1. The normalized spacial score (nSPS) is 25.8. The summed E-state index contributed by atoms with van der Waals surface area (Å²) in [5.41, 5.74) is -1.08. The van der Waals surface area contributed by atoms with Crippen LogP contribution < -0.4 is 0 Å². The molecular weight excluding hydrogens is 483 g/mol. The molecule has 186 valence electrons. The van der Waals surface area contributed by atoms with Crippen LogP contribution in [0.5, 0.6) is 5.75 Å². The van der Waals surface area contributed by atoms with Crippen LogP contribution in [0.4, 0.5) is 13.2 Å². The summed E-state index contributed by atoms with van der Waals surface area (Å²) in [6, 6.07) is 9.42. The predicted octanol–water partition coefficient (Wildman–Crippen LogP) is 6.54. The third-order valence-corrected chi connectivity index (χ3v) is 8.02. The monoisotopic (exact) mass is 507 g/mol. The highest BCUT2D eigenvalue weighted by molar-refractivity contribution is 6.30. The lowest BCUT2D eigenvalue weighted by Gasteiger charge is -2.49. The van der Waals surface area contributed by atoms with E-state index in [1.807, 2.05) is 24.5 Å². The van der Waals surface area contributed by atoms with Gasteiger partial charge >= 0.3 is 5.97 Å². The number of fused-ring (bicyclic) bond motifs is 4. The number of rotatable bonds is 3. The largest absolute Gasteiger partial charge is 0.507 e. The van der Waals surface area contributed by atoms with Crippen LogP contribution in [0.2, 0.25) is 5.02 Å². The molecule has 2 aromatic carbocycles. The lowest BCUT2D eigenvalue weighted by molar-refractivity contribution is -0.178. The van der Waals surface area contributed by atoms with Gasteiger partial charge in [0.1, 0.15) is 17.0 Å². The fourth-order valence-corrected chi connectivity index (χ4v) is 5.95. The number of phenols is 1. The molecule has 5 rings (SSSR count). The van der Waals surface area contributed by atoms with Crippen LogP contribution in [0.3, 0.4) is 0 Å². The molecule has 0 amide bonds. The maximum absolute atomic E-state index is 14.0. The van der Waals surface area contributed by atoms with Gasteiger partial charge in [0.15, 0.2) is 0 Å². The molecular formula is C26H25ClF3NO4. The van der Waals surface area contributed by atoms with Crippen molar-refractivity contribution >= 4 is 28.5 Å². The smallest absolute Gasteiger partial charge is 0.315 e. The molecule has 1 saturated carbocycles. The predicted molar refractivity (Wildman–Crippen MR) is 125 cm³/mol. The summed E-state index contributed by atoms with van der Waals surface area (Å²) in [5.74, 6) is -2.08. The first-order valence-corrected chi connectivity index (χ1v) is 11.8. The number of aliphatic carboxylic acids is 1. The summed E-state index contributed by atoms with van der Waals surface area (Å²) in [5, 5.41) is 21.1. The van der Waals surface area contributed by atoms with Gasteiger partial charge < -0.3 is 19.5 Å². The standard InChI is InChI=1S/C26H25ClF3NO4/c1-24(2)13-35-26(10-8-25(9-11-26,22(29)30)23(33)34)20-19-17(4-3-5-18(19)32)31(21(20)24)14-6-7-16(28)15(27)12-14/h3-7,12,22,32H,8-11,13H2,1-2H3,(H,33,34)/t25-,26+. The van der Waals surface area contributed by atoms with Gasteiger partial charge in [-0.05, 0) is 56.0 Å². The Kier molecular flexibility index (Phi) is 5.42. The highest BCUT2D eigenvalue weighted by Crippen LogP contribution is 2.58. The van der Waals surface area contributed by atoms with Gasteiger partial charge in [0.25, 0.3) is 6.43 Å². The molecule has 9 heteroatoms. The maximum Gasteiger partial charge on any atom is 0.315 e. The first-order chi connectivity index (χ1) is 16.4. The third kappa shape index (κ3) is 3.37. The number of carboxylic acids is 1. The van der Waals surface area contributed by atoms with E-state index in [1.165, 1.54) is 12.1 Å². The Morgan fingerprint density at radius 3 is 2.43 bits per heavy atom. The molecule has 35 heavy (non-hydrogen) atoms. The van der Waals surface area contributed by atoms with Crippen molar-refractivity contribution in [2.75, 3.05) is 6.61 Å². The Balaban J connectivity index is 1.79. The lowest BCUT2D eigenvalue weighted by atomic mass is 9.64. The number of halogens is 4. The molecule has 0 radical (unpaired) electrons. The minimum Gasteiger partial charge on any atom is -0.507 e. The van der Waals surface area contributed by atoms with Gasteiger partial charge in [0.05, 0.1) is 22.7 Å². The topological polar surface area (TPSA) is 71.7 Å². The van der Waals surface area contributed by atoms with Crippen LogP contribution in [-0.4, -0.2) is 33.8 Å². The number of aromatic nitrogens is 1. The summed E-state index contributed by atoms with van der Waals surface area (Å²) in [6.45, 7) is 4.19. The molecule has 0 saturated heterocycles. The SMILES string of the molecule is CC1(C)CO[C@]2(CC[C@](C(=O)O)(C(F)F)CC2)c2c1n(-c1ccc(F)c(Cl)c1)c1cccc(O)c12. The molecule has 2 aliphatic rings. The average Bonchev–Trinajstić information content (AvgIpc) is 3.18. The molecule has 2 heterocycles. The van der Waals surface area contributed by atoms with E-state index < -0.39 is 34.6 Å². The van der Waals surface area contributed by atoms with Crippen LogP contribution in [0.1, 0.15) is 50.8 Å². The summed E-state index contributed by atoms with van der Waals surface area (Å²) >= 11 is 6.11. The van der Waals surface area contributed by atoms with Gasteiger partial charge in [-0.2, -0.15) is 0 Å². The van der Waals surface area contributed by atoms with Crippen molar-refractivity contribution in [2.24, 2.45) is 5.41 Å². The van der Waals surface area contributed by atoms with Crippen molar-refractivity contribution in [1.29, 1.82) is 0 Å². The Hall–Kier alpha value is -2.71.